The van der Waals surface area contributed by atoms with Crippen LogP contribution in [0.4, 0.5) is 17.3 Å². The van der Waals surface area contributed by atoms with Crippen molar-refractivity contribution >= 4 is 34.4 Å². The lowest BCUT2D eigenvalue weighted by atomic mass is 10.2. The lowest BCUT2D eigenvalue weighted by Gasteiger charge is -2.07. The standard InChI is InChI=1S/C23H22N6O3/c1-3-20(30)25-16-6-4-15(5-7-16)21-27-19-14-24-23(29-22(19)28-21)26-17-8-10-18(11-9-17)32-13-12-31-2/h3-11,14H,1,12-13H2,2H3,(H,25,30)(H2,24,26,27,28,29). The highest BCUT2D eigenvalue weighted by Crippen LogP contribution is 2.23. The maximum Gasteiger partial charge on any atom is 0.247 e. The molecule has 162 valence electrons. The number of hydrogen-bond donors (Lipinski definition) is 3. The minimum absolute atomic E-state index is 0.259. The van der Waals surface area contributed by atoms with E-state index in [2.05, 4.69) is 37.1 Å². The lowest BCUT2D eigenvalue weighted by Crippen LogP contribution is -2.06. The molecule has 0 saturated heterocycles. The molecule has 32 heavy (non-hydrogen) atoms. The molecule has 0 unspecified atom stereocenters. The van der Waals surface area contributed by atoms with Crippen molar-refractivity contribution in [3.8, 4) is 17.1 Å². The third-order valence-electron chi connectivity index (χ3n) is 4.52. The Labute approximate surface area is 184 Å². The number of imidazole rings is 1. The number of fused-ring (bicyclic) bond motifs is 1. The van der Waals surface area contributed by atoms with Gasteiger partial charge in [0.15, 0.2) is 5.65 Å². The lowest BCUT2D eigenvalue weighted by molar-refractivity contribution is -0.111. The van der Waals surface area contributed by atoms with Crippen LogP contribution in [0.3, 0.4) is 0 Å². The number of anilines is 3. The fourth-order valence-corrected chi connectivity index (χ4v) is 2.92. The second-order valence-electron chi connectivity index (χ2n) is 6.77. The molecule has 3 N–H and O–H groups in total. The van der Waals surface area contributed by atoms with Crippen molar-refractivity contribution in [2.75, 3.05) is 31.0 Å². The first kappa shape index (κ1) is 21.0. The van der Waals surface area contributed by atoms with Crippen molar-refractivity contribution in [1.82, 2.24) is 19.9 Å². The Kier molecular flexibility index (Phi) is 6.38. The molecule has 0 spiro atoms. The van der Waals surface area contributed by atoms with Crippen molar-refractivity contribution in [3.05, 3.63) is 67.4 Å². The van der Waals surface area contributed by atoms with Crippen LogP contribution in [-0.2, 0) is 9.53 Å². The van der Waals surface area contributed by atoms with E-state index < -0.39 is 0 Å². The number of H-pyrrole nitrogens is 1. The van der Waals surface area contributed by atoms with E-state index in [-0.39, 0.29) is 5.91 Å². The summed E-state index contributed by atoms with van der Waals surface area (Å²) in [6, 6.07) is 14.8. The maximum absolute atomic E-state index is 11.4. The summed E-state index contributed by atoms with van der Waals surface area (Å²) in [7, 11) is 1.64. The van der Waals surface area contributed by atoms with Crippen molar-refractivity contribution in [1.29, 1.82) is 0 Å². The van der Waals surface area contributed by atoms with Gasteiger partial charge in [-0.15, -0.1) is 0 Å². The van der Waals surface area contributed by atoms with Crippen LogP contribution >= 0.6 is 0 Å². The number of methoxy groups -OCH3 is 1. The number of carbonyl (C=O) groups excluding carboxylic acids is 1. The van der Waals surface area contributed by atoms with Gasteiger partial charge in [0.2, 0.25) is 11.9 Å². The van der Waals surface area contributed by atoms with E-state index in [1.165, 1.54) is 6.08 Å². The second-order valence-corrected chi connectivity index (χ2v) is 6.77. The second kappa shape index (κ2) is 9.71. The van der Waals surface area contributed by atoms with Crippen LogP contribution in [0.2, 0.25) is 0 Å². The molecule has 0 fully saturated rings. The highest BCUT2D eigenvalue weighted by molar-refractivity contribution is 5.99. The molecule has 1 amide bonds. The summed E-state index contributed by atoms with van der Waals surface area (Å²) in [5, 5.41) is 5.88. The quantitative estimate of drug-likeness (QED) is 0.272. The fraction of sp³-hybridized carbons (Fsp3) is 0.130. The summed E-state index contributed by atoms with van der Waals surface area (Å²) in [5.74, 6) is 1.61. The van der Waals surface area contributed by atoms with Gasteiger partial charge in [-0.2, -0.15) is 4.98 Å². The first-order valence-corrected chi connectivity index (χ1v) is 9.90. The Balaban J connectivity index is 1.46. The molecule has 0 aliphatic rings. The number of benzene rings is 2. The molecule has 0 radical (unpaired) electrons. The van der Waals surface area contributed by atoms with E-state index in [0.29, 0.717) is 41.8 Å². The topological polar surface area (TPSA) is 114 Å². The Morgan fingerprint density at radius 3 is 2.53 bits per heavy atom. The summed E-state index contributed by atoms with van der Waals surface area (Å²) in [5.41, 5.74) is 3.63. The Hall–Kier alpha value is -4.24. The molecule has 0 aliphatic carbocycles. The van der Waals surface area contributed by atoms with Gasteiger partial charge >= 0.3 is 0 Å². The third kappa shape index (κ3) is 5.08. The van der Waals surface area contributed by atoms with Gasteiger partial charge < -0.3 is 25.1 Å². The number of hydrogen-bond acceptors (Lipinski definition) is 7. The van der Waals surface area contributed by atoms with Crippen molar-refractivity contribution in [2.24, 2.45) is 0 Å². The largest absolute Gasteiger partial charge is 0.491 e. The fourth-order valence-electron chi connectivity index (χ4n) is 2.92. The summed E-state index contributed by atoms with van der Waals surface area (Å²) in [4.78, 5) is 28.0. The van der Waals surface area contributed by atoms with Crippen LogP contribution < -0.4 is 15.4 Å². The zero-order valence-corrected chi connectivity index (χ0v) is 17.5. The predicted molar refractivity (Wildman–Crippen MR) is 123 cm³/mol. The van der Waals surface area contributed by atoms with Gasteiger partial charge in [-0.05, 0) is 54.6 Å². The van der Waals surface area contributed by atoms with Gasteiger partial charge in [0.05, 0.1) is 12.8 Å². The van der Waals surface area contributed by atoms with Crippen LogP contribution in [0.5, 0.6) is 5.75 Å². The summed E-state index contributed by atoms with van der Waals surface area (Å²) < 4.78 is 10.5. The Bertz CT molecular complexity index is 1220. The number of amides is 1. The Morgan fingerprint density at radius 2 is 1.81 bits per heavy atom. The predicted octanol–water partition coefficient (Wildman–Crippen LogP) is 3.91. The number of aromatic amines is 1. The zero-order chi connectivity index (χ0) is 22.3. The third-order valence-corrected chi connectivity index (χ3v) is 4.52. The maximum atomic E-state index is 11.4. The summed E-state index contributed by atoms with van der Waals surface area (Å²) in [6.45, 7) is 4.48. The first-order chi connectivity index (χ1) is 15.6. The van der Waals surface area contributed by atoms with Crippen LogP contribution in [0.15, 0.2) is 67.4 Å². The molecule has 2 heterocycles. The van der Waals surface area contributed by atoms with E-state index in [9.17, 15) is 4.79 Å². The van der Waals surface area contributed by atoms with E-state index in [4.69, 9.17) is 9.47 Å². The number of aromatic nitrogens is 4. The average molecular weight is 430 g/mol. The molecule has 4 aromatic rings. The SMILES string of the molecule is C=CC(=O)Nc1ccc(-c2nc3cnc(Nc4ccc(OCCOC)cc4)nc3[nH]2)cc1. The number of ether oxygens (including phenoxy) is 2. The van der Waals surface area contributed by atoms with Gasteiger partial charge in [0.25, 0.3) is 0 Å². The number of carbonyl (C=O) groups is 1. The van der Waals surface area contributed by atoms with Gasteiger partial charge in [-0.1, -0.05) is 6.58 Å². The minimum atomic E-state index is -0.259. The molecule has 9 nitrogen and oxygen atoms in total. The molecular weight excluding hydrogens is 408 g/mol. The number of nitrogens with one attached hydrogen (secondary N) is 3. The van der Waals surface area contributed by atoms with Gasteiger partial charge in [-0.25, -0.2) is 9.97 Å². The molecule has 0 atom stereocenters. The smallest absolute Gasteiger partial charge is 0.247 e. The first-order valence-electron chi connectivity index (χ1n) is 9.90. The summed E-state index contributed by atoms with van der Waals surface area (Å²) >= 11 is 0. The molecule has 2 aromatic heterocycles. The molecule has 4 rings (SSSR count). The van der Waals surface area contributed by atoms with E-state index >= 15 is 0 Å². The van der Waals surface area contributed by atoms with Gasteiger partial charge in [0, 0.05) is 24.0 Å². The Morgan fingerprint density at radius 1 is 1.06 bits per heavy atom. The highest BCUT2D eigenvalue weighted by Gasteiger charge is 2.09. The van der Waals surface area contributed by atoms with Crippen LogP contribution in [0, 0.1) is 0 Å². The molecule has 0 bridgehead atoms. The highest BCUT2D eigenvalue weighted by atomic mass is 16.5. The normalized spacial score (nSPS) is 10.7. The zero-order valence-electron chi connectivity index (χ0n) is 17.5. The van der Waals surface area contributed by atoms with E-state index in [1.54, 1.807) is 25.4 Å². The van der Waals surface area contributed by atoms with Crippen molar-refractivity contribution < 1.29 is 14.3 Å². The van der Waals surface area contributed by atoms with Crippen LogP contribution in [0.1, 0.15) is 0 Å². The minimum Gasteiger partial charge on any atom is -0.491 e. The van der Waals surface area contributed by atoms with Gasteiger partial charge in [-0.3, -0.25) is 4.79 Å². The van der Waals surface area contributed by atoms with Crippen molar-refractivity contribution in [2.45, 2.75) is 0 Å². The van der Waals surface area contributed by atoms with Gasteiger partial charge in [0.1, 0.15) is 23.7 Å². The average Bonchev–Trinajstić information content (AvgIpc) is 3.24. The van der Waals surface area contributed by atoms with E-state index in [0.717, 1.165) is 17.0 Å². The van der Waals surface area contributed by atoms with E-state index in [1.807, 2.05) is 36.4 Å². The number of nitrogens with zero attached hydrogens (tertiary/aromatic N) is 3. The number of rotatable bonds is 9. The summed E-state index contributed by atoms with van der Waals surface area (Å²) in [6.07, 6.45) is 2.88. The molecule has 0 aliphatic heterocycles. The molecule has 9 heteroatoms. The molecule has 2 aromatic carbocycles. The molecule has 0 saturated carbocycles. The monoisotopic (exact) mass is 430 g/mol. The van der Waals surface area contributed by atoms with Crippen molar-refractivity contribution in [3.63, 3.8) is 0 Å². The van der Waals surface area contributed by atoms with Crippen LogP contribution in [0.25, 0.3) is 22.6 Å². The van der Waals surface area contributed by atoms with Crippen LogP contribution in [-0.4, -0.2) is 46.2 Å². The molecular formula is C23H22N6O3.